The van der Waals surface area contributed by atoms with Crippen molar-refractivity contribution in [2.45, 2.75) is 6.92 Å². The normalized spacial score (nSPS) is 10.2. The molecule has 0 amide bonds. The van der Waals surface area contributed by atoms with Gasteiger partial charge in [0.05, 0.1) is 0 Å². The average Bonchev–Trinajstić information content (AvgIpc) is 1.84. The number of rotatable bonds is 6. The van der Waals surface area contributed by atoms with Crippen LogP contribution < -0.4 is 5.43 Å². The quantitative estimate of drug-likeness (QED) is 0.449. The third kappa shape index (κ3) is 5.63. The van der Waals surface area contributed by atoms with Gasteiger partial charge in [-0.05, 0) is 0 Å². The Kier molecular flexibility index (Phi) is 4.98. The molecule has 3 N–H and O–H groups in total. The van der Waals surface area contributed by atoms with Crippen LogP contribution in [0.15, 0.2) is 0 Å². The largest absolute Gasteiger partial charge is 0.480 e. The van der Waals surface area contributed by atoms with Crippen LogP contribution in [-0.4, -0.2) is 46.8 Å². The highest BCUT2D eigenvalue weighted by Crippen LogP contribution is 1.81. The van der Waals surface area contributed by atoms with E-state index in [2.05, 4.69) is 5.43 Å². The lowest BCUT2D eigenvalue weighted by atomic mass is 10.5. The molecule has 0 saturated heterocycles. The van der Waals surface area contributed by atoms with Gasteiger partial charge in [-0.2, -0.15) is 0 Å². The number of aliphatic carboxylic acids is 2. The smallest absolute Gasteiger partial charge is 0.319 e. The zero-order valence-electron chi connectivity index (χ0n) is 6.78. The van der Waals surface area contributed by atoms with Gasteiger partial charge in [0.1, 0.15) is 13.1 Å². The van der Waals surface area contributed by atoms with E-state index in [-0.39, 0.29) is 13.1 Å². The zero-order chi connectivity index (χ0) is 9.56. The fourth-order valence-corrected chi connectivity index (χ4v) is 0.718. The molecule has 0 aromatic heterocycles. The number of carbonyl (C=O) groups is 2. The molecular weight excluding hydrogens is 164 g/mol. The van der Waals surface area contributed by atoms with Crippen LogP contribution in [0.5, 0.6) is 0 Å². The first kappa shape index (κ1) is 10.9. The molecule has 0 heterocycles. The molecule has 12 heavy (non-hydrogen) atoms. The van der Waals surface area contributed by atoms with Crippen molar-refractivity contribution >= 4 is 11.9 Å². The highest BCUT2D eigenvalue weighted by molar-refractivity contribution is 5.72. The van der Waals surface area contributed by atoms with Crippen LogP contribution in [0.2, 0.25) is 0 Å². The summed E-state index contributed by atoms with van der Waals surface area (Å²) in [6.45, 7) is 1.62. The van der Waals surface area contributed by atoms with Gasteiger partial charge < -0.3 is 10.2 Å². The topological polar surface area (TPSA) is 89.9 Å². The summed E-state index contributed by atoms with van der Waals surface area (Å²) in [6, 6.07) is 0. The van der Waals surface area contributed by atoms with Gasteiger partial charge in [-0.25, -0.2) is 5.01 Å². The summed E-state index contributed by atoms with van der Waals surface area (Å²) in [4.78, 5) is 20.4. The van der Waals surface area contributed by atoms with E-state index in [1.54, 1.807) is 6.92 Å². The van der Waals surface area contributed by atoms with Crippen LogP contribution in [-0.2, 0) is 9.59 Å². The second-order valence-electron chi connectivity index (χ2n) is 2.16. The van der Waals surface area contributed by atoms with Crippen LogP contribution in [0, 0.1) is 0 Å². The lowest BCUT2D eigenvalue weighted by molar-refractivity contribution is -0.143. The molecule has 0 bridgehead atoms. The Bertz CT molecular complexity index is 155. The molecule has 70 valence electrons. The second-order valence-corrected chi connectivity index (χ2v) is 2.16. The number of carboxylic acids is 2. The molecule has 0 saturated carbocycles. The summed E-state index contributed by atoms with van der Waals surface area (Å²) >= 11 is 0. The monoisotopic (exact) mass is 176 g/mol. The van der Waals surface area contributed by atoms with Crippen molar-refractivity contribution in [3.05, 3.63) is 0 Å². The predicted molar refractivity (Wildman–Crippen MR) is 40.5 cm³/mol. The molecule has 0 aliphatic rings. The minimum atomic E-state index is -1.06. The van der Waals surface area contributed by atoms with E-state index >= 15 is 0 Å². The van der Waals surface area contributed by atoms with Crippen LogP contribution >= 0.6 is 0 Å². The first-order valence-electron chi connectivity index (χ1n) is 3.48. The van der Waals surface area contributed by atoms with E-state index in [0.29, 0.717) is 6.54 Å². The highest BCUT2D eigenvalue weighted by Gasteiger charge is 2.11. The molecule has 0 rings (SSSR count). The van der Waals surface area contributed by atoms with Gasteiger partial charge in [0.15, 0.2) is 0 Å². The molecule has 0 aromatic carbocycles. The van der Waals surface area contributed by atoms with Crippen LogP contribution in [0.4, 0.5) is 0 Å². The van der Waals surface area contributed by atoms with E-state index in [0.717, 1.165) is 5.01 Å². The van der Waals surface area contributed by atoms with Gasteiger partial charge in [-0.15, -0.1) is 0 Å². The Hall–Kier alpha value is -1.14. The van der Waals surface area contributed by atoms with Crippen molar-refractivity contribution in [2.24, 2.45) is 0 Å². The average molecular weight is 176 g/mol. The number of hydrogen-bond acceptors (Lipinski definition) is 4. The summed E-state index contributed by atoms with van der Waals surface area (Å²) in [5, 5.41) is 17.8. The first-order chi connectivity index (χ1) is 5.56. The van der Waals surface area contributed by atoms with Gasteiger partial charge in [0.2, 0.25) is 0 Å². The standard InChI is InChI=1S/C6H12N2O4/c1-2-7-8(3-5(9)10)4-6(11)12/h7H,2-4H2,1H3,(H,9,10)(H,11,12). The lowest BCUT2D eigenvalue weighted by Gasteiger charge is -2.17. The van der Waals surface area contributed by atoms with Crippen molar-refractivity contribution in [2.75, 3.05) is 19.6 Å². The molecule has 0 aliphatic heterocycles. The number of hydrogen-bond donors (Lipinski definition) is 3. The second kappa shape index (κ2) is 5.50. The summed E-state index contributed by atoms with van der Waals surface area (Å²) < 4.78 is 0. The van der Waals surface area contributed by atoms with Crippen LogP contribution in [0.1, 0.15) is 6.92 Å². The van der Waals surface area contributed by atoms with E-state index in [9.17, 15) is 9.59 Å². The molecule has 6 heteroatoms. The van der Waals surface area contributed by atoms with Crippen molar-refractivity contribution in [3.8, 4) is 0 Å². The minimum absolute atomic E-state index is 0.319. The summed E-state index contributed by atoms with van der Waals surface area (Å²) in [5.41, 5.74) is 2.62. The van der Waals surface area contributed by atoms with Gasteiger partial charge in [-0.3, -0.25) is 15.0 Å². The molecule has 0 aliphatic carbocycles. The molecule has 0 atom stereocenters. The number of nitrogens with one attached hydrogen (secondary N) is 1. The van der Waals surface area contributed by atoms with E-state index < -0.39 is 11.9 Å². The van der Waals surface area contributed by atoms with E-state index in [4.69, 9.17) is 10.2 Å². The Morgan fingerprint density at radius 3 is 1.92 bits per heavy atom. The fraction of sp³-hybridized carbons (Fsp3) is 0.667. The van der Waals surface area contributed by atoms with Crippen molar-refractivity contribution < 1.29 is 19.8 Å². The molecular formula is C6H12N2O4. The Balaban J connectivity index is 3.85. The fourth-order valence-electron chi connectivity index (χ4n) is 0.718. The Labute approximate surface area is 69.8 Å². The Morgan fingerprint density at radius 2 is 1.67 bits per heavy atom. The molecule has 0 radical (unpaired) electrons. The third-order valence-corrected chi connectivity index (χ3v) is 1.03. The predicted octanol–water partition coefficient (Wildman–Crippen LogP) is -1.02. The maximum absolute atomic E-state index is 10.2. The lowest BCUT2D eigenvalue weighted by Crippen LogP contribution is -2.44. The molecule has 6 nitrogen and oxygen atoms in total. The number of carboxylic acid groups (broad SMARTS) is 2. The molecule has 0 aromatic rings. The van der Waals surface area contributed by atoms with Crippen molar-refractivity contribution in [1.29, 1.82) is 0 Å². The van der Waals surface area contributed by atoms with Gasteiger partial charge in [-0.1, -0.05) is 6.92 Å². The van der Waals surface area contributed by atoms with Crippen molar-refractivity contribution in [3.63, 3.8) is 0 Å². The van der Waals surface area contributed by atoms with E-state index in [1.165, 1.54) is 0 Å². The SMILES string of the molecule is CCNN(CC(=O)O)CC(=O)O. The van der Waals surface area contributed by atoms with Gasteiger partial charge in [0, 0.05) is 6.54 Å². The van der Waals surface area contributed by atoms with Crippen molar-refractivity contribution in [1.82, 2.24) is 10.4 Å². The van der Waals surface area contributed by atoms with Crippen LogP contribution in [0.25, 0.3) is 0 Å². The Morgan fingerprint density at radius 1 is 1.25 bits per heavy atom. The molecule has 0 fully saturated rings. The molecule has 0 unspecified atom stereocenters. The van der Waals surface area contributed by atoms with Gasteiger partial charge in [0.25, 0.3) is 0 Å². The summed E-state index contributed by atoms with van der Waals surface area (Å²) in [7, 11) is 0. The highest BCUT2D eigenvalue weighted by atomic mass is 16.4. The van der Waals surface area contributed by atoms with Gasteiger partial charge >= 0.3 is 11.9 Å². The third-order valence-electron chi connectivity index (χ3n) is 1.03. The minimum Gasteiger partial charge on any atom is -0.480 e. The first-order valence-corrected chi connectivity index (χ1v) is 3.48. The van der Waals surface area contributed by atoms with E-state index in [1.807, 2.05) is 0 Å². The zero-order valence-corrected chi connectivity index (χ0v) is 6.78. The number of hydrazine groups is 1. The summed E-state index contributed by atoms with van der Waals surface area (Å²) in [6.07, 6.45) is 0. The van der Waals surface area contributed by atoms with Crippen LogP contribution in [0.3, 0.4) is 0 Å². The molecule has 0 spiro atoms. The number of nitrogens with zero attached hydrogens (tertiary/aromatic N) is 1. The summed E-state index contributed by atoms with van der Waals surface area (Å²) in [5.74, 6) is -2.12. The maximum atomic E-state index is 10.2. The maximum Gasteiger partial charge on any atom is 0.319 e.